The number of aliphatic imine (C=N–C) groups is 1. The van der Waals surface area contributed by atoms with Crippen LogP contribution >= 0.6 is 0 Å². The average Bonchev–Trinajstić information content (AvgIpc) is 2.57. The standard InChI is InChI=1S/C13H25N3O2/c1-18-13(17)11(14)8-4-2-6-10-7-3-5-9-12(15)16-10/h10-11H,2-9,14H2,1H3,(H2,15,16)/t10?,11-/m0/s1. The number of hydrogen-bond donors (Lipinski definition) is 2. The Morgan fingerprint density at radius 2 is 2.28 bits per heavy atom. The van der Waals surface area contributed by atoms with Gasteiger partial charge in [0.25, 0.3) is 0 Å². The van der Waals surface area contributed by atoms with Crippen LogP contribution in [0.1, 0.15) is 51.4 Å². The lowest BCUT2D eigenvalue weighted by Crippen LogP contribution is -2.31. The van der Waals surface area contributed by atoms with Crippen LogP contribution in [0.15, 0.2) is 4.99 Å². The number of amidine groups is 1. The highest BCUT2D eigenvalue weighted by Gasteiger charge is 2.14. The summed E-state index contributed by atoms with van der Waals surface area (Å²) < 4.78 is 4.59. The van der Waals surface area contributed by atoms with Crippen molar-refractivity contribution in [3.8, 4) is 0 Å². The molecule has 0 radical (unpaired) electrons. The highest BCUT2D eigenvalue weighted by Crippen LogP contribution is 2.17. The van der Waals surface area contributed by atoms with Crippen LogP contribution in [0, 0.1) is 0 Å². The van der Waals surface area contributed by atoms with Gasteiger partial charge in [-0.15, -0.1) is 0 Å². The van der Waals surface area contributed by atoms with Gasteiger partial charge in [-0.2, -0.15) is 0 Å². The smallest absolute Gasteiger partial charge is 0.322 e. The third-order valence-corrected chi connectivity index (χ3v) is 3.38. The molecule has 4 N–H and O–H groups in total. The first-order valence-corrected chi connectivity index (χ1v) is 6.79. The summed E-state index contributed by atoms with van der Waals surface area (Å²) in [5.41, 5.74) is 11.5. The number of carbonyl (C=O) groups excluding carboxylic acids is 1. The molecule has 0 saturated carbocycles. The van der Waals surface area contributed by atoms with Crippen molar-refractivity contribution in [3.05, 3.63) is 0 Å². The van der Waals surface area contributed by atoms with Crippen LogP contribution in [0.2, 0.25) is 0 Å². The largest absolute Gasteiger partial charge is 0.468 e. The molecule has 0 aromatic rings. The zero-order valence-corrected chi connectivity index (χ0v) is 11.2. The number of hydrogen-bond acceptors (Lipinski definition) is 5. The maximum absolute atomic E-state index is 11.1. The van der Waals surface area contributed by atoms with E-state index in [2.05, 4.69) is 9.73 Å². The number of ether oxygens (including phenoxy) is 1. The molecule has 1 aliphatic heterocycles. The monoisotopic (exact) mass is 255 g/mol. The van der Waals surface area contributed by atoms with Gasteiger partial charge in [-0.05, 0) is 25.7 Å². The van der Waals surface area contributed by atoms with E-state index in [-0.39, 0.29) is 5.97 Å². The lowest BCUT2D eigenvalue weighted by molar-refractivity contribution is -0.142. The van der Waals surface area contributed by atoms with Crippen molar-refractivity contribution in [2.45, 2.75) is 63.5 Å². The molecule has 0 saturated heterocycles. The third kappa shape index (κ3) is 5.49. The Hall–Kier alpha value is -1.10. The van der Waals surface area contributed by atoms with Gasteiger partial charge in [0.05, 0.1) is 19.0 Å². The SMILES string of the molecule is COC(=O)[C@@H](N)CCCCC1CCCCC(N)=N1. The van der Waals surface area contributed by atoms with Gasteiger partial charge in [0, 0.05) is 6.42 Å². The summed E-state index contributed by atoms with van der Waals surface area (Å²) in [5, 5.41) is 0. The van der Waals surface area contributed by atoms with Crippen molar-refractivity contribution in [1.82, 2.24) is 0 Å². The molecule has 1 rings (SSSR count). The number of nitrogens with zero attached hydrogens (tertiary/aromatic N) is 1. The molecule has 0 aromatic heterocycles. The molecule has 0 spiro atoms. The molecular formula is C13H25N3O2. The molecule has 0 bridgehead atoms. The zero-order valence-electron chi connectivity index (χ0n) is 11.2. The minimum absolute atomic E-state index is 0.327. The van der Waals surface area contributed by atoms with Gasteiger partial charge < -0.3 is 16.2 Å². The molecule has 18 heavy (non-hydrogen) atoms. The molecular weight excluding hydrogens is 230 g/mol. The molecule has 0 aliphatic carbocycles. The second-order valence-electron chi connectivity index (χ2n) is 4.93. The Labute approximate surface area is 109 Å². The maximum Gasteiger partial charge on any atom is 0.322 e. The molecule has 2 atom stereocenters. The van der Waals surface area contributed by atoms with Gasteiger partial charge in [0.1, 0.15) is 6.04 Å². The molecule has 104 valence electrons. The zero-order chi connectivity index (χ0) is 13.4. The molecule has 5 heteroatoms. The first-order chi connectivity index (χ1) is 8.63. The molecule has 1 unspecified atom stereocenters. The van der Waals surface area contributed by atoms with Crippen LogP contribution in [0.5, 0.6) is 0 Å². The van der Waals surface area contributed by atoms with Crippen LogP contribution in [0.25, 0.3) is 0 Å². The van der Waals surface area contributed by atoms with Crippen molar-refractivity contribution < 1.29 is 9.53 Å². The summed E-state index contributed by atoms with van der Waals surface area (Å²) in [7, 11) is 1.37. The normalized spacial score (nSPS) is 21.9. The number of unbranched alkanes of at least 4 members (excludes halogenated alkanes) is 1. The second-order valence-corrected chi connectivity index (χ2v) is 4.93. The fraction of sp³-hybridized carbons (Fsp3) is 0.846. The third-order valence-electron chi connectivity index (χ3n) is 3.38. The minimum Gasteiger partial charge on any atom is -0.468 e. The van der Waals surface area contributed by atoms with E-state index in [1.54, 1.807) is 0 Å². The van der Waals surface area contributed by atoms with E-state index in [1.807, 2.05) is 0 Å². The molecule has 1 heterocycles. The van der Waals surface area contributed by atoms with Crippen LogP contribution in [-0.2, 0) is 9.53 Å². The lowest BCUT2D eigenvalue weighted by Gasteiger charge is -2.12. The average molecular weight is 255 g/mol. The highest BCUT2D eigenvalue weighted by molar-refractivity contribution is 5.80. The molecule has 5 nitrogen and oxygen atoms in total. The van der Waals surface area contributed by atoms with Gasteiger partial charge in [-0.1, -0.05) is 19.3 Å². The van der Waals surface area contributed by atoms with Crippen LogP contribution in [0.3, 0.4) is 0 Å². The second kappa shape index (κ2) is 8.08. The van der Waals surface area contributed by atoms with Gasteiger partial charge in [-0.25, -0.2) is 0 Å². The first kappa shape index (κ1) is 15.0. The van der Waals surface area contributed by atoms with E-state index in [4.69, 9.17) is 11.5 Å². The first-order valence-electron chi connectivity index (χ1n) is 6.79. The quantitative estimate of drug-likeness (QED) is 0.553. The summed E-state index contributed by atoms with van der Waals surface area (Å²) in [6.07, 6.45) is 8.10. The number of rotatable bonds is 6. The van der Waals surface area contributed by atoms with Crippen molar-refractivity contribution in [2.75, 3.05) is 7.11 Å². The summed E-state index contributed by atoms with van der Waals surface area (Å²) >= 11 is 0. The van der Waals surface area contributed by atoms with Crippen LogP contribution in [0.4, 0.5) is 0 Å². The minimum atomic E-state index is -0.488. The van der Waals surface area contributed by atoms with Gasteiger partial charge in [0.2, 0.25) is 0 Å². The van der Waals surface area contributed by atoms with E-state index < -0.39 is 6.04 Å². The fourth-order valence-electron chi connectivity index (χ4n) is 2.27. The Morgan fingerprint density at radius 1 is 1.50 bits per heavy atom. The predicted octanol–water partition coefficient (Wildman–Crippen LogP) is 1.35. The number of carbonyl (C=O) groups is 1. The van der Waals surface area contributed by atoms with E-state index in [1.165, 1.54) is 13.5 Å². The Morgan fingerprint density at radius 3 is 3.00 bits per heavy atom. The molecule has 1 aliphatic rings. The van der Waals surface area contributed by atoms with E-state index in [0.717, 1.165) is 44.4 Å². The predicted molar refractivity (Wildman–Crippen MR) is 72.3 cm³/mol. The van der Waals surface area contributed by atoms with Crippen molar-refractivity contribution in [3.63, 3.8) is 0 Å². The number of esters is 1. The van der Waals surface area contributed by atoms with Crippen molar-refractivity contribution in [1.29, 1.82) is 0 Å². The maximum atomic E-state index is 11.1. The fourth-order valence-corrected chi connectivity index (χ4v) is 2.27. The Bertz CT molecular complexity index is 292. The van der Waals surface area contributed by atoms with Crippen molar-refractivity contribution >= 4 is 11.8 Å². The highest BCUT2D eigenvalue weighted by atomic mass is 16.5. The van der Waals surface area contributed by atoms with Crippen LogP contribution in [-0.4, -0.2) is 31.0 Å². The Balaban J connectivity index is 2.17. The lowest BCUT2D eigenvalue weighted by atomic mass is 10.0. The van der Waals surface area contributed by atoms with Gasteiger partial charge in [0.15, 0.2) is 0 Å². The summed E-state index contributed by atoms with van der Waals surface area (Å²) in [6, 6.07) is -0.125. The van der Waals surface area contributed by atoms with E-state index in [0.29, 0.717) is 12.5 Å². The Kier molecular flexibility index (Phi) is 6.72. The van der Waals surface area contributed by atoms with Gasteiger partial charge in [-0.3, -0.25) is 9.79 Å². The molecule has 0 aromatic carbocycles. The summed E-state index contributed by atoms with van der Waals surface area (Å²) in [4.78, 5) is 15.6. The summed E-state index contributed by atoms with van der Waals surface area (Å²) in [6.45, 7) is 0. The van der Waals surface area contributed by atoms with E-state index >= 15 is 0 Å². The molecule has 0 amide bonds. The number of nitrogens with two attached hydrogens (primary N) is 2. The van der Waals surface area contributed by atoms with Gasteiger partial charge >= 0.3 is 5.97 Å². The van der Waals surface area contributed by atoms with Crippen molar-refractivity contribution in [2.24, 2.45) is 16.5 Å². The summed E-state index contributed by atoms with van der Waals surface area (Å²) in [5.74, 6) is 0.468. The number of methoxy groups -OCH3 is 1. The topological polar surface area (TPSA) is 90.7 Å². The van der Waals surface area contributed by atoms with E-state index in [9.17, 15) is 4.79 Å². The van der Waals surface area contributed by atoms with Crippen LogP contribution < -0.4 is 11.5 Å². The molecule has 0 fully saturated rings.